The number of benzene rings is 1. The molecule has 2 aliphatic heterocycles. The van der Waals surface area contributed by atoms with Crippen molar-refractivity contribution in [1.82, 2.24) is 5.32 Å². The number of rotatable bonds is 3. The minimum Gasteiger partial charge on any atom is -0.372 e. The Hall–Kier alpha value is -1.22. The minimum atomic E-state index is 0.595. The van der Waals surface area contributed by atoms with Gasteiger partial charge in [-0.15, -0.1) is 0 Å². The molecular formula is C18H27N3. The quantitative estimate of drug-likeness (QED) is 0.921. The van der Waals surface area contributed by atoms with E-state index < -0.39 is 0 Å². The lowest BCUT2D eigenvalue weighted by Crippen LogP contribution is -2.56. The summed E-state index contributed by atoms with van der Waals surface area (Å²) in [5, 5.41) is 3.74. The van der Waals surface area contributed by atoms with Crippen LogP contribution in [0.5, 0.6) is 0 Å². The fourth-order valence-corrected chi connectivity index (χ4v) is 3.89. The Bertz CT molecular complexity index is 474. The van der Waals surface area contributed by atoms with E-state index >= 15 is 0 Å². The van der Waals surface area contributed by atoms with Gasteiger partial charge in [-0.05, 0) is 62.8 Å². The summed E-state index contributed by atoms with van der Waals surface area (Å²) in [5.41, 5.74) is 2.80. The number of nitrogens with one attached hydrogen (secondary N) is 1. The Morgan fingerprint density at radius 3 is 2.33 bits per heavy atom. The lowest BCUT2D eigenvalue weighted by atomic mass is 10.1. The second-order valence-corrected chi connectivity index (χ2v) is 7.06. The van der Waals surface area contributed by atoms with Gasteiger partial charge in [-0.1, -0.05) is 0 Å². The fourth-order valence-electron chi connectivity index (χ4n) is 3.89. The lowest BCUT2D eigenvalue weighted by molar-refractivity contribution is 0.376. The SMILES string of the molecule is CC1CNC(C2CC2)CN1c1ccc(N2CCCC2)cc1. The zero-order valence-corrected chi connectivity index (χ0v) is 13.1. The Balaban J connectivity index is 1.48. The molecule has 0 spiro atoms. The Morgan fingerprint density at radius 2 is 1.67 bits per heavy atom. The van der Waals surface area contributed by atoms with Gasteiger partial charge in [0.1, 0.15) is 0 Å². The molecule has 2 saturated heterocycles. The molecule has 0 radical (unpaired) electrons. The Labute approximate surface area is 128 Å². The van der Waals surface area contributed by atoms with Crippen molar-refractivity contribution in [2.45, 2.75) is 44.7 Å². The molecule has 1 aromatic carbocycles. The van der Waals surface area contributed by atoms with Crippen LogP contribution in [0.3, 0.4) is 0 Å². The van der Waals surface area contributed by atoms with Crippen molar-refractivity contribution >= 4 is 11.4 Å². The number of nitrogens with zero attached hydrogens (tertiary/aromatic N) is 2. The smallest absolute Gasteiger partial charge is 0.0387 e. The first-order valence-corrected chi connectivity index (χ1v) is 8.66. The van der Waals surface area contributed by atoms with Crippen LogP contribution in [0.1, 0.15) is 32.6 Å². The molecule has 3 fully saturated rings. The van der Waals surface area contributed by atoms with Crippen molar-refractivity contribution in [3.8, 4) is 0 Å². The van der Waals surface area contributed by atoms with E-state index in [1.165, 1.54) is 56.7 Å². The van der Waals surface area contributed by atoms with E-state index in [9.17, 15) is 0 Å². The molecule has 3 nitrogen and oxygen atoms in total. The van der Waals surface area contributed by atoms with Crippen LogP contribution in [0.4, 0.5) is 11.4 Å². The molecule has 0 aromatic heterocycles. The molecule has 4 rings (SSSR count). The van der Waals surface area contributed by atoms with Crippen LogP contribution in [0.2, 0.25) is 0 Å². The highest BCUT2D eigenvalue weighted by Crippen LogP contribution is 2.35. The van der Waals surface area contributed by atoms with Crippen molar-refractivity contribution in [2.24, 2.45) is 5.92 Å². The number of hydrogen-bond donors (Lipinski definition) is 1. The number of hydrogen-bond acceptors (Lipinski definition) is 3. The third kappa shape index (κ3) is 2.76. The van der Waals surface area contributed by atoms with Crippen molar-refractivity contribution < 1.29 is 0 Å². The number of piperazine rings is 1. The van der Waals surface area contributed by atoms with E-state index in [0.717, 1.165) is 12.5 Å². The third-order valence-electron chi connectivity index (χ3n) is 5.44. The molecule has 1 aromatic rings. The van der Waals surface area contributed by atoms with Crippen LogP contribution >= 0.6 is 0 Å². The number of anilines is 2. The first-order chi connectivity index (χ1) is 10.3. The van der Waals surface area contributed by atoms with Crippen LogP contribution in [-0.2, 0) is 0 Å². The van der Waals surface area contributed by atoms with Gasteiger partial charge in [0.2, 0.25) is 0 Å². The highest BCUT2D eigenvalue weighted by Gasteiger charge is 2.36. The fraction of sp³-hybridized carbons (Fsp3) is 0.667. The maximum atomic E-state index is 3.74. The Morgan fingerprint density at radius 1 is 1.00 bits per heavy atom. The average molecular weight is 285 g/mol. The molecule has 1 saturated carbocycles. The van der Waals surface area contributed by atoms with Crippen molar-refractivity contribution in [1.29, 1.82) is 0 Å². The van der Waals surface area contributed by atoms with Crippen LogP contribution in [0.15, 0.2) is 24.3 Å². The lowest BCUT2D eigenvalue weighted by Gasteiger charge is -2.40. The Kier molecular flexibility index (Phi) is 3.54. The van der Waals surface area contributed by atoms with E-state index in [0.29, 0.717) is 12.1 Å². The molecule has 0 amide bonds. The van der Waals surface area contributed by atoms with Gasteiger partial charge in [0.15, 0.2) is 0 Å². The van der Waals surface area contributed by atoms with Crippen LogP contribution in [-0.4, -0.2) is 38.3 Å². The van der Waals surface area contributed by atoms with Gasteiger partial charge >= 0.3 is 0 Å². The van der Waals surface area contributed by atoms with Crippen molar-refractivity contribution in [2.75, 3.05) is 36.0 Å². The first kappa shape index (κ1) is 13.4. The summed E-state index contributed by atoms with van der Waals surface area (Å²) in [6.45, 7) is 7.09. The molecule has 0 bridgehead atoms. The van der Waals surface area contributed by atoms with Crippen LogP contribution < -0.4 is 15.1 Å². The van der Waals surface area contributed by atoms with Crippen LogP contribution in [0.25, 0.3) is 0 Å². The van der Waals surface area contributed by atoms with Gasteiger partial charge in [0.05, 0.1) is 0 Å². The predicted molar refractivity (Wildman–Crippen MR) is 89.2 cm³/mol. The molecule has 2 atom stereocenters. The van der Waals surface area contributed by atoms with E-state index in [-0.39, 0.29) is 0 Å². The van der Waals surface area contributed by atoms with E-state index in [2.05, 4.69) is 46.3 Å². The van der Waals surface area contributed by atoms with E-state index in [1.807, 2.05) is 0 Å². The van der Waals surface area contributed by atoms with Gasteiger partial charge < -0.3 is 15.1 Å². The van der Waals surface area contributed by atoms with E-state index in [1.54, 1.807) is 0 Å². The van der Waals surface area contributed by atoms with Crippen molar-refractivity contribution in [3.63, 3.8) is 0 Å². The molecule has 1 aliphatic carbocycles. The molecular weight excluding hydrogens is 258 g/mol. The topological polar surface area (TPSA) is 18.5 Å². The average Bonchev–Trinajstić information content (AvgIpc) is 3.22. The second-order valence-electron chi connectivity index (χ2n) is 7.06. The zero-order valence-electron chi connectivity index (χ0n) is 13.1. The minimum absolute atomic E-state index is 0.595. The predicted octanol–water partition coefficient (Wildman–Crippen LogP) is 2.86. The molecule has 1 N–H and O–H groups in total. The molecule has 2 heterocycles. The maximum Gasteiger partial charge on any atom is 0.0387 e. The van der Waals surface area contributed by atoms with Crippen molar-refractivity contribution in [3.05, 3.63) is 24.3 Å². The molecule has 114 valence electrons. The normalized spacial score (nSPS) is 30.0. The van der Waals surface area contributed by atoms with Gasteiger partial charge in [-0.25, -0.2) is 0 Å². The highest BCUT2D eigenvalue weighted by molar-refractivity contribution is 5.57. The monoisotopic (exact) mass is 285 g/mol. The largest absolute Gasteiger partial charge is 0.372 e. The second kappa shape index (κ2) is 5.53. The summed E-state index contributed by atoms with van der Waals surface area (Å²) in [7, 11) is 0. The standard InChI is InChI=1S/C18H27N3/c1-14-12-19-18(15-4-5-15)13-21(14)17-8-6-16(7-9-17)20-10-2-3-11-20/h6-9,14-15,18-19H,2-5,10-13H2,1H3. The third-order valence-corrected chi connectivity index (χ3v) is 5.44. The molecule has 3 heteroatoms. The van der Waals surface area contributed by atoms with Gasteiger partial charge in [0, 0.05) is 49.6 Å². The first-order valence-electron chi connectivity index (χ1n) is 8.66. The van der Waals surface area contributed by atoms with E-state index in [4.69, 9.17) is 0 Å². The summed E-state index contributed by atoms with van der Waals surface area (Å²) in [6, 6.07) is 10.6. The van der Waals surface area contributed by atoms with Gasteiger partial charge in [-0.3, -0.25) is 0 Å². The zero-order chi connectivity index (χ0) is 14.2. The molecule has 21 heavy (non-hydrogen) atoms. The summed E-state index contributed by atoms with van der Waals surface area (Å²) < 4.78 is 0. The summed E-state index contributed by atoms with van der Waals surface area (Å²) >= 11 is 0. The summed E-state index contributed by atoms with van der Waals surface area (Å²) in [6.07, 6.45) is 5.54. The van der Waals surface area contributed by atoms with Gasteiger partial charge in [0.25, 0.3) is 0 Å². The van der Waals surface area contributed by atoms with Gasteiger partial charge in [-0.2, -0.15) is 0 Å². The molecule has 2 unspecified atom stereocenters. The summed E-state index contributed by atoms with van der Waals surface area (Å²) in [5.74, 6) is 0.934. The molecule has 3 aliphatic rings. The van der Waals surface area contributed by atoms with Crippen LogP contribution in [0, 0.1) is 5.92 Å². The summed E-state index contributed by atoms with van der Waals surface area (Å²) in [4.78, 5) is 5.12. The maximum absolute atomic E-state index is 3.74. The highest BCUT2D eigenvalue weighted by atomic mass is 15.2.